The summed E-state index contributed by atoms with van der Waals surface area (Å²) in [6.45, 7) is 6.92. The number of Topliss-reactive ketones (excluding diaryl/α,β-unsaturated/α-hetero) is 1. The van der Waals surface area contributed by atoms with Gasteiger partial charge >= 0.3 is 0 Å². The maximum atomic E-state index is 12.4. The number of carbonyl (C=O) groups is 1. The lowest BCUT2D eigenvalue weighted by Crippen LogP contribution is -2.62. The lowest BCUT2D eigenvalue weighted by Gasteiger charge is -2.65. The first-order chi connectivity index (χ1) is 6.98. The van der Waals surface area contributed by atoms with Gasteiger partial charge in [-0.1, -0.05) is 26.8 Å². The van der Waals surface area contributed by atoms with Crippen molar-refractivity contribution in [3.8, 4) is 0 Å². The van der Waals surface area contributed by atoms with E-state index in [0.29, 0.717) is 11.7 Å². The third kappa shape index (κ3) is 0.926. The summed E-state index contributed by atoms with van der Waals surface area (Å²) >= 11 is 0. The van der Waals surface area contributed by atoms with E-state index in [1.54, 1.807) is 0 Å². The zero-order valence-corrected chi connectivity index (χ0v) is 9.97. The summed E-state index contributed by atoms with van der Waals surface area (Å²) < 4.78 is 0. The quantitative estimate of drug-likeness (QED) is 0.591. The number of hydrogen-bond acceptors (Lipinski definition) is 1. The molecule has 0 saturated heterocycles. The molecule has 82 valence electrons. The topological polar surface area (TPSA) is 17.1 Å². The zero-order valence-electron chi connectivity index (χ0n) is 9.97. The SMILES string of the molecule is CC12CCCC=C1C(=O)C1CC2C1(C)C. The van der Waals surface area contributed by atoms with Crippen molar-refractivity contribution in [1.82, 2.24) is 0 Å². The molecule has 3 atom stereocenters. The van der Waals surface area contributed by atoms with Gasteiger partial charge in [0.2, 0.25) is 0 Å². The van der Waals surface area contributed by atoms with Crippen molar-refractivity contribution in [2.24, 2.45) is 22.7 Å². The molecule has 1 heteroatoms. The summed E-state index contributed by atoms with van der Waals surface area (Å²) in [6.07, 6.45) is 7.01. The summed E-state index contributed by atoms with van der Waals surface area (Å²) in [5, 5.41) is 0. The van der Waals surface area contributed by atoms with Crippen LogP contribution in [-0.2, 0) is 4.79 Å². The van der Waals surface area contributed by atoms with Crippen LogP contribution in [0.3, 0.4) is 0 Å². The predicted molar refractivity (Wildman–Crippen MR) is 60.4 cm³/mol. The molecule has 3 saturated carbocycles. The molecule has 0 aromatic heterocycles. The van der Waals surface area contributed by atoms with Crippen LogP contribution in [0, 0.1) is 22.7 Å². The van der Waals surface area contributed by atoms with E-state index in [2.05, 4.69) is 26.8 Å². The summed E-state index contributed by atoms with van der Waals surface area (Å²) in [5.41, 5.74) is 1.67. The zero-order chi connectivity index (χ0) is 10.8. The Morgan fingerprint density at radius 1 is 1.33 bits per heavy atom. The molecule has 0 aromatic carbocycles. The van der Waals surface area contributed by atoms with Crippen LogP contribution < -0.4 is 0 Å². The van der Waals surface area contributed by atoms with Gasteiger partial charge in [-0.15, -0.1) is 0 Å². The van der Waals surface area contributed by atoms with E-state index in [0.717, 1.165) is 18.8 Å². The molecule has 0 heterocycles. The second kappa shape index (κ2) is 2.56. The Hall–Kier alpha value is -0.590. The van der Waals surface area contributed by atoms with Crippen LogP contribution in [-0.4, -0.2) is 5.78 Å². The number of ketones is 1. The van der Waals surface area contributed by atoms with E-state index >= 15 is 0 Å². The van der Waals surface area contributed by atoms with Crippen molar-refractivity contribution in [3.63, 3.8) is 0 Å². The normalized spacial score (nSPS) is 46.6. The Labute approximate surface area is 91.9 Å². The van der Waals surface area contributed by atoms with Crippen LogP contribution in [0.15, 0.2) is 11.6 Å². The molecule has 3 fully saturated rings. The van der Waals surface area contributed by atoms with Gasteiger partial charge in [-0.05, 0) is 48.0 Å². The van der Waals surface area contributed by atoms with Gasteiger partial charge in [0.15, 0.2) is 5.78 Å². The molecule has 15 heavy (non-hydrogen) atoms. The van der Waals surface area contributed by atoms with Gasteiger partial charge in [-0.2, -0.15) is 0 Å². The second-order valence-corrected chi connectivity index (χ2v) is 6.45. The van der Waals surface area contributed by atoms with Crippen molar-refractivity contribution < 1.29 is 4.79 Å². The van der Waals surface area contributed by atoms with Crippen LogP contribution >= 0.6 is 0 Å². The lowest BCUT2D eigenvalue weighted by molar-refractivity contribution is -0.160. The fraction of sp³-hybridized carbons (Fsp3) is 0.786. The average molecular weight is 204 g/mol. The first-order valence-electron chi connectivity index (χ1n) is 6.23. The highest BCUT2D eigenvalue weighted by atomic mass is 16.1. The second-order valence-electron chi connectivity index (χ2n) is 6.45. The summed E-state index contributed by atoms with van der Waals surface area (Å²) in [5.74, 6) is 1.56. The maximum Gasteiger partial charge on any atom is 0.162 e. The van der Waals surface area contributed by atoms with E-state index < -0.39 is 0 Å². The van der Waals surface area contributed by atoms with E-state index in [4.69, 9.17) is 0 Å². The highest BCUT2D eigenvalue weighted by molar-refractivity contribution is 6.01. The minimum atomic E-state index is 0.216. The summed E-state index contributed by atoms with van der Waals surface area (Å²) in [7, 11) is 0. The Bertz CT molecular complexity index is 364. The van der Waals surface area contributed by atoms with Crippen molar-refractivity contribution in [2.75, 3.05) is 0 Å². The highest BCUT2D eigenvalue weighted by Crippen LogP contribution is 2.68. The monoisotopic (exact) mass is 204 g/mol. The molecule has 0 radical (unpaired) electrons. The van der Waals surface area contributed by atoms with Gasteiger partial charge in [-0.25, -0.2) is 0 Å². The van der Waals surface area contributed by atoms with Gasteiger partial charge in [-0.3, -0.25) is 4.79 Å². The number of hydrogen-bond donors (Lipinski definition) is 0. The van der Waals surface area contributed by atoms with Crippen LogP contribution in [0.1, 0.15) is 46.5 Å². The molecule has 4 aliphatic rings. The van der Waals surface area contributed by atoms with Crippen LogP contribution in [0.2, 0.25) is 0 Å². The Morgan fingerprint density at radius 3 is 2.73 bits per heavy atom. The van der Waals surface area contributed by atoms with E-state index in [9.17, 15) is 4.79 Å². The third-order valence-electron chi connectivity index (χ3n) is 5.48. The van der Waals surface area contributed by atoms with Crippen LogP contribution in [0.5, 0.6) is 0 Å². The Balaban J connectivity index is 2.11. The first-order valence-corrected chi connectivity index (χ1v) is 6.23. The minimum Gasteiger partial charge on any atom is -0.294 e. The van der Waals surface area contributed by atoms with Crippen molar-refractivity contribution in [1.29, 1.82) is 0 Å². The molecule has 4 aliphatic carbocycles. The van der Waals surface area contributed by atoms with Gasteiger partial charge < -0.3 is 0 Å². The summed E-state index contributed by atoms with van der Waals surface area (Å²) in [4.78, 5) is 12.4. The number of rotatable bonds is 0. The molecule has 0 spiro atoms. The number of carbonyl (C=O) groups excluding carboxylic acids is 1. The largest absolute Gasteiger partial charge is 0.294 e. The fourth-order valence-corrected chi connectivity index (χ4v) is 4.47. The first kappa shape index (κ1) is 9.62. The van der Waals surface area contributed by atoms with E-state index in [1.807, 2.05) is 0 Å². The third-order valence-corrected chi connectivity index (χ3v) is 5.48. The molecular formula is C14H20O. The molecule has 0 aromatic rings. The van der Waals surface area contributed by atoms with Gasteiger partial charge in [0.05, 0.1) is 0 Å². The summed E-state index contributed by atoms with van der Waals surface area (Å²) in [6, 6.07) is 0. The van der Waals surface area contributed by atoms with Gasteiger partial charge in [0.1, 0.15) is 0 Å². The average Bonchev–Trinajstić information content (AvgIpc) is 2.15. The van der Waals surface area contributed by atoms with Gasteiger partial charge in [0, 0.05) is 5.92 Å². The standard InChI is InChI=1S/C14H20O/c1-13(2)10-8-11(13)14(3)7-5-4-6-9(14)12(10)15/h6,10-11H,4-5,7-8H2,1-3H3. The molecule has 3 unspecified atom stereocenters. The van der Waals surface area contributed by atoms with E-state index in [1.165, 1.54) is 18.4 Å². The molecule has 0 aliphatic heterocycles. The molecular weight excluding hydrogens is 184 g/mol. The smallest absolute Gasteiger partial charge is 0.162 e. The van der Waals surface area contributed by atoms with E-state index in [-0.39, 0.29) is 10.8 Å². The molecule has 2 bridgehead atoms. The van der Waals surface area contributed by atoms with Gasteiger partial charge in [0.25, 0.3) is 0 Å². The molecule has 0 N–H and O–H groups in total. The Kier molecular flexibility index (Phi) is 1.64. The van der Waals surface area contributed by atoms with Crippen LogP contribution in [0.25, 0.3) is 0 Å². The highest BCUT2D eigenvalue weighted by Gasteiger charge is 2.65. The van der Waals surface area contributed by atoms with Crippen molar-refractivity contribution in [2.45, 2.75) is 46.5 Å². The van der Waals surface area contributed by atoms with Crippen LogP contribution in [0.4, 0.5) is 0 Å². The van der Waals surface area contributed by atoms with Crippen molar-refractivity contribution in [3.05, 3.63) is 11.6 Å². The maximum absolute atomic E-state index is 12.4. The molecule has 1 nitrogen and oxygen atoms in total. The molecule has 0 amide bonds. The fourth-order valence-electron chi connectivity index (χ4n) is 4.47. The lowest BCUT2D eigenvalue weighted by atomic mass is 9.38. The predicted octanol–water partition coefficient (Wildman–Crippen LogP) is 3.35. The molecule has 4 rings (SSSR count). The minimum absolute atomic E-state index is 0.216. The number of allylic oxidation sites excluding steroid dienone is 2. The van der Waals surface area contributed by atoms with Crippen molar-refractivity contribution >= 4 is 5.78 Å². The Morgan fingerprint density at radius 2 is 2.07 bits per heavy atom.